The number of hydrogen-bond donors (Lipinski definition) is 2. The number of likely N-dealkylation sites (tertiary alicyclic amines) is 1. The highest BCUT2D eigenvalue weighted by Crippen LogP contribution is 2.15. The lowest BCUT2D eigenvalue weighted by molar-refractivity contribution is -0.141. The van der Waals surface area contributed by atoms with Gasteiger partial charge in [-0.1, -0.05) is 0 Å². The fourth-order valence-electron chi connectivity index (χ4n) is 1.64. The van der Waals surface area contributed by atoms with E-state index < -0.39 is 11.9 Å². The minimum absolute atomic E-state index is 0.161. The second kappa shape index (κ2) is 5.69. The maximum Gasteiger partial charge on any atom is 0.317 e. The highest BCUT2D eigenvalue weighted by atomic mass is 16.4. The van der Waals surface area contributed by atoms with Crippen molar-refractivity contribution in [2.24, 2.45) is 5.92 Å². The summed E-state index contributed by atoms with van der Waals surface area (Å²) in [7, 11) is 3.87. The normalized spacial score (nSPS) is 20.2. The lowest BCUT2D eigenvalue weighted by atomic mass is 10.1. The molecular weight excluding hydrogens is 210 g/mol. The van der Waals surface area contributed by atoms with E-state index in [0.29, 0.717) is 26.1 Å². The Hall–Kier alpha value is -1.30. The molecule has 2 N–H and O–H groups in total. The maximum absolute atomic E-state index is 11.6. The molecule has 0 bridgehead atoms. The molecule has 0 aromatic heterocycles. The summed E-state index contributed by atoms with van der Waals surface area (Å²) in [5.41, 5.74) is 0. The number of rotatable bonds is 4. The fourth-order valence-corrected chi connectivity index (χ4v) is 1.64. The Balaban J connectivity index is 2.26. The number of likely N-dealkylation sites (N-methyl/N-ethyl adjacent to an activating group) is 1. The van der Waals surface area contributed by atoms with Crippen LogP contribution >= 0.6 is 0 Å². The van der Waals surface area contributed by atoms with Gasteiger partial charge >= 0.3 is 12.0 Å². The summed E-state index contributed by atoms with van der Waals surface area (Å²) >= 11 is 0. The van der Waals surface area contributed by atoms with Gasteiger partial charge in [0, 0.05) is 26.2 Å². The lowest BCUT2D eigenvalue weighted by Crippen LogP contribution is -2.41. The van der Waals surface area contributed by atoms with Crippen LogP contribution in [0.5, 0.6) is 0 Å². The van der Waals surface area contributed by atoms with Gasteiger partial charge in [-0.05, 0) is 20.5 Å². The van der Waals surface area contributed by atoms with Crippen LogP contribution in [0.4, 0.5) is 4.79 Å². The molecule has 0 aliphatic carbocycles. The SMILES string of the molecule is CN(C)CCNC(=O)N1CCC(C(=O)O)C1. The molecule has 0 saturated carbocycles. The van der Waals surface area contributed by atoms with Crippen molar-refractivity contribution in [3.05, 3.63) is 0 Å². The van der Waals surface area contributed by atoms with E-state index in [0.717, 1.165) is 6.54 Å². The monoisotopic (exact) mass is 229 g/mol. The van der Waals surface area contributed by atoms with Crippen LogP contribution in [0.2, 0.25) is 0 Å². The van der Waals surface area contributed by atoms with E-state index in [2.05, 4.69) is 5.32 Å². The van der Waals surface area contributed by atoms with Gasteiger partial charge in [0.2, 0.25) is 0 Å². The zero-order valence-corrected chi connectivity index (χ0v) is 9.77. The van der Waals surface area contributed by atoms with Crippen molar-refractivity contribution in [2.45, 2.75) is 6.42 Å². The van der Waals surface area contributed by atoms with E-state index in [-0.39, 0.29) is 6.03 Å². The molecule has 0 aromatic rings. The van der Waals surface area contributed by atoms with Crippen molar-refractivity contribution < 1.29 is 14.7 Å². The second-order valence-electron chi connectivity index (χ2n) is 4.31. The summed E-state index contributed by atoms with van der Waals surface area (Å²) in [5, 5.41) is 11.6. The summed E-state index contributed by atoms with van der Waals surface area (Å²) in [6, 6.07) is -0.161. The molecule has 16 heavy (non-hydrogen) atoms. The predicted molar refractivity (Wildman–Crippen MR) is 59.3 cm³/mol. The van der Waals surface area contributed by atoms with Gasteiger partial charge in [0.1, 0.15) is 0 Å². The molecule has 1 atom stereocenters. The summed E-state index contributed by atoms with van der Waals surface area (Å²) in [6.07, 6.45) is 0.552. The average molecular weight is 229 g/mol. The van der Waals surface area contributed by atoms with Crippen LogP contribution in [-0.2, 0) is 4.79 Å². The number of aliphatic carboxylic acids is 1. The number of carboxylic acids is 1. The van der Waals surface area contributed by atoms with Crippen LogP contribution in [-0.4, -0.2) is 67.2 Å². The number of carbonyl (C=O) groups excluding carboxylic acids is 1. The first kappa shape index (κ1) is 12.8. The number of nitrogens with one attached hydrogen (secondary N) is 1. The van der Waals surface area contributed by atoms with E-state index in [1.54, 1.807) is 4.90 Å². The van der Waals surface area contributed by atoms with Crippen molar-refractivity contribution in [2.75, 3.05) is 40.3 Å². The Labute approximate surface area is 95.2 Å². The maximum atomic E-state index is 11.6. The van der Waals surface area contributed by atoms with Crippen LogP contribution in [0.3, 0.4) is 0 Å². The number of hydrogen-bond acceptors (Lipinski definition) is 3. The zero-order valence-electron chi connectivity index (χ0n) is 9.77. The number of nitrogens with zero attached hydrogens (tertiary/aromatic N) is 2. The Morgan fingerprint density at radius 2 is 2.19 bits per heavy atom. The third-order valence-corrected chi connectivity index (χ3v) is 2.66. The molecule has 0 radical (unpaired) electrons. The Kier molecular flexibility index (Phi) is 4.54. The Bertz CT molecular complexity index is 268. The third-order valence-electron chi connectivity index (χ3n) is 2.66. The molecule has 92 valence electrons. The molecule has 0 spiro atoms. The molecule has 1 saturated heterocycles. The van der Waals surface area contributed by atoms with E-state index in [1.165, 1.54) is 0 Å². The van der Waals surface area contributed by atoms with Gasteiger partial charge in [0.15, 0.2) is 0 Å². The summed E-state index contributed by atoms with van der Waals surface area (Å²) in [6.45, 7) is 2.22. The molecule has 1 rings (SSSR count). The molecule has 1 aliphatic heterocycles. The van der Waals surface area contributed by atoms with Crippen molar-refractivity contribution in [1.29, 1.82) is 0 Å². The molecule has 2 amide bonds. The van der Waals surface area contributed by atoms with Crippen LogP contribution in [0, 0.1) is 5.92 Å². The Morgan fingerprint density at radius 1 is 1.50 bits per heavy atom. The van der Waals surface area contributed by atoms with Crippen molar-refractivity contribution in [1.82, 2.24) is 15.1 Å². The van der Waals surface area contributed by atoms with Gasteiger partial charge in [-0.15, -0.1) is 0 Å². The van der Waals surface area contributed by atoms with Crippen LogP contribution < -0.4 is 5.32 Å². The second-order valence-corrected chi connectivity index (χ2v) is 4.31. The molecule has 0 aromatic carbocycles. The highest BCUT2D eigenvalue weighted by Gasteiger charge is 2.30. The first-order valence-corrected chi connectivity index (χ1v) is 5.41. The third kappa shape index (κ3) is 3.69. The van der Waals surface area contributed by atoms with E-state index in [1.807, 2.05) is 19.0 Å². The average Bonchev–Trinajstić information content (AvgIpc) is 2.65. The summed E-state index contributed by atoms with van der Waals surface area (Å²) < 4.78 is 0. The minimum atomic E-state index is -0.816. The van der Waals surface area contributed by atoms with E-state index in [4.69, 9.17) is 5.11 Å². The number of carbonyl (C=O) groups is 2. The van der Waals surface area contributed by atoms with Gasteiger partial charge in [-0.25, -0.2) is 4.79 Å². The van der Waals surface area contributed by atoms with Crippen molar-refractivity contribution in [3.8, 4) is 0 Å². The van der Waals surface area contributed by atoms with E-state index >= 15 is 0 Å². The number of urea groups is 1. The molecule has 6 nitrogen and oxygen atoms in total. The zero-order chi connectivity index (χ0) is 12.1. The number of amides is 2. The standard InChI is InChI=1S/C10H19N3O3/c1-12(2)6-4-11-10(16)13-5-3-8(7-13)9(14)15/h8H,3-7H2,1-2H3,(H,11,16)(H,14,15). The van der Waals surface area contributed by atoms with Gasteiger partial charge < -0.3 is 20.2 Å². The van der Waals surface area contributed by atoms with Gasteiger partial charge in [-0.3, -0.25) is 4.79 Å². The number of carboxylic acid groups (broad SMARTS) is 1. The van der Waals surface area contributed by atoms with Gasteiger partial charge in [-0.2, -0.15) is 0 Å². The minimum Gasteiger partial charge on any atom is -0.481 e. The van der Waals surface area contributed by atoms with Gasteiger partial charge in [0.05, 0.1) is 5.92 Å². The topological polar surface area (TPSA) is 72.9 Å². The molecular formula is C10H19N3O3. The highest BCUT2D eigenvalue weighted by molar-refractivity contribution is 5.77. The first-order valence-electron chi connectivity index (χ1n) is 5.41. The lowest BCUT2D eigenvalue weighted by Gasteiger charge is -2.17. The predicted octanol–water partition coefficient (Wildman–Crippen LogP) is -0.336. The van der Waals surface area contributed by atoms with Crippen molar-refractivity contribution >= 4 is 12.0 Å². The van der Waals surface area contributed by atoms with Crippen LogP contribution in [0.25, 0.3) is 0 Å². The smallest absolute Gasteiger partial charge is 0.317 e. The van der Waals surface area contributed by atoms with Gasteiger partial charge in [0.25, 0.3) is 0 Å². The molecule has 1 heterocycles. The van der Waals surface area contributed by atoms with Crippen LogP contribution in [0.1, 0.15) is 6.42 Å². The quantitative estimate of drug-likeness (QED) is 0.692. The molecule has 1 fully saturated rings. The summed E-state index contributed by atoms with van der Waals surface area (Å²) in [5.74, 6) is -1.22. The molecule has 1 unspecified atom stereocenters. The van der Waals surface area contributed by atoms with Crippen LogP contribution in [0.15, 0.2) is 0 Å². The van der Waals surface area contributed by atoms with Crippen molar-refractivity contribution in [3.63, 3.8) is 0 Å². The fraction of sp³-hybridized carbons (Fsp3) is 0.800. The largest absolute Gasteiger partial charge is 0.481 e. The summed E-state index contributed by atoms with van der Waals surface area (Å²) in [4.78, 5) is 25.8. The molecule has 1 aliphatic rings. The Morgan fingerprint density at radius 3 is 2.69 bits per heavy atom. The van der Waals surface area contributed by atoms with E-state index in [9.17, 15) is 9.59 Å². The molecule has 6 heteroatoms. The first-order chi connectivity index (χ1) is 7.50.